The predicted molar refractivity (Wildman–Crippen MR) is 111 cm³/mol. The molecule has 1 aromatic carbocycles. The van der Waals surface area contributed by atoms with Crippen molar-refractivity contribution in [1.29, 1.82) is 0 Å². The number of aromatic nitrogens is 1. The molecule has 1 aliphatic rings. The summed E-state index contributed by atoms with van der Waals surface area (Å²) in [5.74, 6) is 1.13. The lowest BCUT2D eigenvalue weighted by Gasteiger charge is -2.20. The van der Waals surface area contributed by atoms with Gasteiger partial charge in [-0.05, 0) is 43.7 Å². The van der Waals surface area contributed by atoms with E-state index in [1.807, 2.05) is 17.0 Å². The van der Waals surface area contributed by atoms with Crippen molar-refractivity contribution in [2.45, 2.75) is 45.6 Å². The highest BCUT2D eigenvalue weighted by molar-refractivity contribution is 5.81. The number of amides is 1. The van der Waals surface area contributed by atoms with Gasteiger partial charge in [0.15, 0.2) is 5.96 Å². The number of guanidine groups is 1. The number of para-hydroxylation sites is 1. The number of H-pyrrole nitrogens is 1. The number of fused-ring (bicyclic) bond motifs is 1. The highest BCUT2D eigenvalue weighted by Gasteiger charge is 2.15. The van der Waals surface area contributed by atoms with Gasteiger partial charge in [0.1, 0.15) is 0 Å². The van der Waals surface area contributed by atoms with Crippen molar-refractivity contribution in [3.8, 4) is 0 Å². The minimum atomic E-state index is 0.312. The van der Waals surface area contributed by atoms with Crippen LogP contribution in [0, 0.1) is 0 Å². The molecule has 0 atom stereocenters. The molecule has 0 spiro atoms. The lowest BCUT2D eigenvalue weighted by molar-refractivity contribution is -0.130. The van der Waals surface area contributed by atoms with Gasteiger partial charge >= 0.3 is 0 Å². The number of aliphatic imine (C=N–C) groups is 1. The number of rotatable bonds is 7. The number of nitrogens with one attached hydrogen (secondary N) is 3. The molecule has 0 aliphatic carbocycles. The van der Waals surface area contributed by atoms with Crippen LogP contribution in [-0.4, -0.2) is 47.9 Å². The first-order valence-corrected chi connectivity index (χ1v) is 10.1. The fourth-order valence-electron chi connectivity index (χ4n) is 3.48. The second kappa shape index (κ2) is 10.00. The lowest BCUT2D eigenvalue weighted by Crippen LogP contribution is -2.39. The van der Waals surface area contributed by atoms with Gasteiger partial charge in [-0.25, -0.2) is 4.99 Å². The summed E-state index contributed by atoms with van der Waals surface area (Å²) < 4.78 is 0. The van der Waals surface area contributed by atoms with E-state index in [2.05, 4.69) is 45.7 Å². The molecule has 6 nitrogen and oxygen atoms in total. The molecule has 1 aromatic heterocycles. The van der Waals surface area contributed by atoms with Crippen molar-refractivity contribution in [2.75, 3.05) is 26.2 Å². The van der Waals surface area contributed by atoms with Crippen LogP contribution >= 0.6 is 0 Å². The normalized spacial score (nSPS) is 15.8. The van der Waals surface area contributed by atoms with Crippen molar-refractivity contribution < 1.29 is 4.79 Å². The summed E-state index contributed by atoms with van der Waals surface area (Å²) in [7, 11) is 0. The summed E-state index contributed by atoms with van der Waals surface area (Å²) in [6, 6.07) is 10.4. The number of aromatic amines is 1. The zero-order valence-electron chi connectivity index (χ0n) is 16.3. The number of nitrogens with zero attached hydrogens (tertiary/aromatic N) is 2. The summed E-state index contributed by atoms with van der Waals surface area (Å²) in [5, 5.41) is 7.88. The number of benzene rings is 1. The van der Waals surface area contributed by atoms with Crippen molar-refractivity contribution in [3.05, 3.63) is 36.0 Å². The van der Waals surface area contributed by atoms with Gasteiger partial charge in [0.05, 0.1) is 6.54 Å². The average Bonchev–Trinajstić information content (AvgIpc) is 2.99. The molecule has 2 heterocycles. The van der Waals surface area contributed by atoms with E-state index in [9.17, 15) is 4.79 Å². The molecule has 1 fully saturated rings. The molecule has 0 saturated carbocycles. The van der Waals surface area contributed by atoms with Crippen LogP contribution in [-0.2, 0) is 11.3 Å². The van der Waals surface area contributed by atoms with Gasteiger partial charge in [0.25, 0.3) is 0 Å². The molecule has 146 valence electrons. The maximum atomic E-state index is 12.0. The van der Waals surface area contributed by atoms with E-state index in [0.717, 1.165) is 62.6 Å². The van der Waals surface area contributed by atoms with E-state index in [4.69, 9.17) is 0 Å². The standard InChI is InChI=1S/C21H31N5O/c1-2-22-21(23-12-8-14-26-13-7-3-4-11-20(26)27)24-16-18-15-17-9-5-6-10-19(17)25-18/h5-6,9-10,15,25H,2-4,7-8,11-14,16H2,1H3,(H2,22,23,24). The number of carbonyl (C=O) groups is 1. The predicted octanol–water partition coefficient (Wildman–Crippen LogP) is 3.02. The average molecular weight is 370 g/mol. The Labute approximate surface area is 161 Å². The third kappa shape index (κ3) is 5.74. The van der Waals surface area contributed by atoms with Crippen LogP contribution in [0.4, 0.5) is 0 Å². The zero-order valence-corrected chi connectivity index (χ0v) is 16.3. The molecular formula is C21H31N5O. The summed E-state index contributed by atoms with van der Waals surface area (Å²) in [6.07, 6.45) is 4.99. The van der Waals surface area contributed by atoms with E-state index in [1.54, 1.807) is 0 Å². The van der Waals surface area contributed by atoms with E-state index < -0.39 is 0 Å². The lowest BCUT2D eigenvalue weighted by atomic mass is 10.2. The first-order valence-electron chi connectivity index (χ1n) is 10.1. The summed E-state index contributed by atoms with van der Waals surface area (Å²) in [6.45, 7) is 6.04. The summed E-state index contributed by atoms with van der Waals surface area (Å²) in [4.78, 5) is 22.1. The van der Waals surface area contributed by atoms with Crippen LogP contribution in [0.25, 0.3) is 10.9 Å². The number of carbonyl (C=O) groups excluding carboxylic acids is 1. The molecule has 27 heavy (non-hydrogen) atoms. The molecule has 2 aromatic rings. The Kier molecular flexibility index (Phi) is 7.13. The Bertz CT molecular complexity index is 734. The van der Waals surface area contributed by atoms with Gasteiger partial charge < -0.3 is 20.5 Å². The smallest absolute Gasteiger partial charge is 0.222 e. The molecule has 1 saturated heterocycles. The van der Waals surface area contributed by atoms with Crippen LogP contribution in [0.5, 0.6) is 0 Å². The van der Waals surface area contributed by atoms with Crippen molar-refractivity contribution >= 4 is 22.8 Å². The van der Waals surface area contributed by atoms with Crippen molar-refractivity contribution in [2.24, 2.45) is 4.99 Å². The van der Waals surface area contributed by atoms with Gasteiger partial charge in [-0.3, -0.25) is 4.79 Å². The largest absolute Gasteiger partial charge is 0.357 e. The summed E-state index contributed by atoms with van der Waals surface area (Å²) in [5.41, 5.74) is 2.24. The Morgan fingerprint density at radius 1 is 1.22 bits per heavy atom. The highest BCUT2D eigenvalue weighted by atomic mass is 16.2. The number of hydrogen-bond acceptors (Lipinski definition) is 2. The minimum absolute atomic E-state index is 0.312. The van der Waals surface area contributed by atoms with Gasteiger partial charge in [0.2, 0.25) is 5.91 Å². The maximum Gasteiger partial charge on any atom is 0.222 e. The third-order valence-corrected chi connectivity index (χ3v) is 4.91. The molecule has 6 heteroatoms. The van der Waals surface area contributed by atoms with Gasteiger partial charge in [-0.15, -0.1) is 0 Å². The Hall–Kier alpha value is -2.50. The van der Waals surface area contributed by atoms with Crippen molar-refractivity contribution in [1.82, 2.24) is 20.5 Å². The van der Waals surface area contributed by atoms with Crippen molar-refractivity contribution in [3.63, 3.8) is 0 Å². The van der Waals surface area contributed by atoms with Crippen LogP contribution in [0.1, 0.15) is 44.7 Å². The van der Waals surface area contributed by atoms with Crippen LogP contribution < -0.4 is 10.6 Å². The molecule has 1 aliphatic heterocycles. The van der Waals surface area contributed by atoms with Crippen LogP contribution in [0.3, 0.4) is 0 Å². The molecule has 0 unspecified atom stereocenters. The second-order valence-corrected chi connectivity index (χ2v) is 7.05. The van der Waals surface area contributed by atoms with E-state index in [1.165, 1.54) is 11.8 Å². The minimum Gasteiger partial charge on any atom is -0.357 e. The third-order valence-electron chi connectivity index (χ3n) is 4.91. The zero-order chi connectivity index (χ0) is 18.9. The SMILES string of the molecule is CCNC(=NCc1cc2ccccc2[nH]1)NCCCN1CCCCCC1=O. The Morgan fingerprint density at radius 2 is 2.11 bits per heavy atom. The first kappa shape index (κ1) is 19.3. The number of likely N-dealkylation sites (tertiary alicyclic amines) is 1. The van der Waals surface area contributed by atoms with Crippen LogP contribution in [0.2, 0.25) is 0 Å². The van der Waals surface area contributed by atoms with E-state index in [-0.39, 0.29) is 0 Å². The van der Waals surface area contributed by atoms with Gasteiger partial charge in [-0.1, -0.05) is 24.6 Å². The molecule has 0 radical (unpaired) electrons. The van der Waals surface area contributed by atoms with Gasteiger partial charge in [-0.2, -0.15) is 0 Å². The molecule has 3 rings (SSSR count). The van der Waals surface area contributed by atoms with E-state index >= 15 is 0 Å². The summed E-state index contributed by atoms with van der Waals surface area (Å²) >= 11 is 0. The van der Waals surface area contributed by atoms with Gasteiger partial charge in [0, 0.05) is 43.8 Å². The fourth-order valence-corrected chi connectivity index (χ4v) is 3.48. The molecular weight excluding hydrogens is 338 g/mol. The fraction of sp³-hybridized carbons (Fsp3) is 0.524. The molecule has 3 N–H and O–H groups in total. The highest BCUT2D eigenvalue weighted by Crippen LogP contribution is 2.15. The molecule has 0 bridgehead atoms. The molecule has 1 amide bonds. The first-order chi connectivity index (χ1) is 13.3. The Balaban J connectivity index is 1.47. The second-order valence-electron chi connectivity index (χ2n) is 7.05. The topological polar surface area (TPSA) is 72.5 Å². The van der Waals surface area contributed by atoms with Crippen LogP contribution in [0.15, 0.2) is 35.3 Å². The quantitative estimate of drug-likeness (QED) is 0.399. The Morgan fingerprint density at radius 3 is 2.96 bits per heavy atom. The van der Waals surface area contributed by atoms with E-state index in [0.29, 0.717) is 18.9 Å². The monoisotopic (exact) mass is 369 g/mol. The maximum absolute atomic E-state index is 12.0. The number of hydrogen-bond donors (Lipinski definition) is 3.